The fourth-order valence-corrected chi connectivity index (χ4v) is 2.00. The molecule has 1 amide bonds. The quantitative estimate of drug-likeness (QED) is 0.848. The monoisotopic (exact) mass is 310 g/mol. The number of halogens is 1. The highest BCUT2D eigenvalue weighted by atomic mass is 32.3. The lowest BCUT2D eigenvalue weighted by Gasteiger charge is -2.09. The molecule has 21 heavy (non-hydrogen) atoms. The van der Waals surface area contributed by atoms with E-state index in [9.17, 15) is 17.1 Å². The molecule has 8 heteroatoms. The number of amides is 1. The lowest BCUT2D eigenvalue weighted by atomic mass is 10.2. The number of benzene rings is 1. The van der Waals surface area contributed by atoms with Crippen molar-refractivity contribution in [2.24, 2.45) is 0 Å². The van der Waals surface area contributed by atoms with Crippen molar-refractivity contribution < 1.29 is 21.3 Å². The smallest absolute Gasteiger partial charge is 0.358 e. The zero-order valence-corrected chi connectivity index (χ0v) is 11.5. The number of aromatic nitrogens is 1. The molecule has 1 aromatic heterocycles. The van der Waals surface area contributed by atoms with Crippen molar-refractivity contribution in [2.75, 3.05) is 0 Å². The van der Waals surface area contributed by atoms with E-state index < -0.39 is 10.5 Å². The molecule has 2 aromatic rings. The van der Waals surface area contributed by atoms with E-state index in [1.54, 1.807) is 6.07 Å². The number of para-hydroxylation sites is 1. The Morgan fingerprint density at radius 3 is 2.52 bits per heavy atom. The molecule has 0 unspecified atom stereocenters. The summed E-state index contributed by atoms with van der Waals surface area (Å²) in [5.74, 6) is -0.537. The Bertz CT molecular complexity index is 735. The van der Waals surface area contributed by atoms with E-state index in [0.717, 1.165) is 0 Å². The normalized spacial score (nSPS) is 10.9. The van der Waals surface area contributed by atoms with Crippen LogP contribution in [0.2, 0.25) is 0 Å². The third-order valence-corrected chi connectivity index (χ3v) is 2.92. The number of carbonyl (C=O) groups excluding carboxylic acids is 1. The molecule has 0 atom stereocenters. The Hall–Kier alpha value is -2.48. The molecule has 110 valence electrons. The number of nitrogens with zero attached hydrogens (tertiary/aromatic N) is 1. The molecule has 0 aliphatic heterocycles. The fourth-order valence-electron chi connectivity index (χ4n) is 1.62. The second kappa shape index (κ2) is 6.31. The number of carbonyl (C=O) groups is 1. The minimum absolute atomic E-state index is 0.00709. The van der Waals surface area contributed by atoms with Crippen molar-refractivity contribution in [3.8, 4) is 5.75 Å². The maximum absolute atomic E-state index is 12.6. The van der Waals surface area contributed by atoms with Crippen LogP contribution in [0.5, 0.6) is 5.75 Å². The van der Waals surface area contributed by atoms with Gasteiger partial charge in [0.1, 0.15) is 5.75 Å². The standard InChI is InChI=1S/C13H11FN2O4S/c14-21(18,19)20-12-4-2-1-3-11(12)9-16-13(17)10-5-7-15-8-6-10/h1-8H,9H2,(H,16,17). The van der Waals surface area contributed by atoms with E-state index in [0.29, 0.717) is 11.1 Å². The first kappa shape index (κ1) is 14.9. The van der Waals surface area contributed by atoms with Crippen LogP contribution in [0.1, 0.15) is 15.9 Å². The van der Waals surface area contributed by atoms with Crippen LogP contribution in [-0.2, 0) is 17.0 Å². The zero-order valence-electron chi connectivity index (χ0n) is 10.7. The van der Waals surface area contributed by atoms with Gasteiger partial charge in [-0.2, -0.15) is 8.42 Å². The van der Waals surface area contributed by atoms with Crippen LogP contribution in [0.4, 0.5) is 3.89 Å². The molecule has 0 aliphatic carbocycles. The molecule has 1 aromatic carbocycles. The van der Waals surface area contributed by atoms with E-state index in [4.69, 9.17) is 0 Å². The number of rotatable bonds is 5. The van der Waals surface area contributed by atoms with Crippen LogP contribution in [0.25, 0.3) is 0 Å². The highest BCUT2D eigenvalue weighted by Crippen LogP contribution is 2.20. The molecule has 1 N–H and O–H groups in total. The summed E-state index contributed by atoms with van der Waals surface area (Å²) in [6.45, 7) is -0.00709. The first-order valence-corrected chi connectivity index (χ1v) is 7.17. The summed E-state index contributed by atoms with van der Waals surface area (Å²) < 4.78 is 37.8. The van der Waals surface area contributed by atoms with Crippen LogP contribution in [0.15, 0.2) is 48.8 Å². The van der Waals surface area contributed by atoms with E-state index in [2.05, 4.69) is 14.5 Å². The Balaban J connectivity index is 2.09. The summed E-state index contributed by atoms with van der Waals surface area (Å²) in [5, 5.41) is 2.58. The van der Waals surface area contributed by atoms with Crippen molar-refractivity contribution >= 4 is 16.4 Å². The van der Waals surface area contributed by atoms with Crippen LogP contribution in [0.3, 0.4) is 0 Å². The van der Waals surface area contributed by atoms with Gasteiger partial charge in [-0.25, -0.2) is 0 Å². The average Bonchev–Trinajstić information content (AvgIpc) is 2.45. The van der Waals surface area contributed by atoms with Crippen molar-refractivity contribution in [1.82, 2.24) is 10.3 Å². The number of hydrogen-bond donors (Lipinski definition) is 1. The second-order valence-corrected chi connectivity index (χ2v) is 4.96. The van der Waals surface area contributed by atoms with E-state index in [1.165, 1.54) is 42.7 Å². The Labute approximate surface area is 121 Å². The predicted octanol–water partition coefficient (Wildman–Crippen LogP) is 1.60. The van der Waals surface area contributed by atoms with Crippen molar-refractivity contribution in [2.45, 2.75) is 6.54 Å². The summed E-state index contributed by atoms with van der Waals surface area (Å²) >= 11 is 0. The van der Waals surface area contributed by atoms with Crippen molar-refractivity contribution in [3.63, 3.8) is 0 Å². The highest BCUT2D eigenvalue weighted by molar-refractivity contribution is 7.81. The Kier molecular flexibility index (Phi) is 4.49. The third-order valence-electron chi connectivity index (χ3n) is 2.54. The first-order chi connectivity index (χ1) is 9.96. The highest BCUT2D eigenvalue weighted by Gasteiger charge is 2.14. The van der Waals surface area contributed by atoms with Gasteiger partial charge in [0.25, 0.3) is 5.91 Å². The molecule has 1 heterocycles. The summed E-state index contributed by atoms with van der Waals surface area (Å²) in [6.07, 6.45) is 2.95. The van der Waals surface area contributed by atoms with Gasteiger partial charge in [0.15, 0.2) is 0 Å². The molecule has 0 aliphatic rings. The number of hydrogen-bond acceptors (Lipinski definition) is 5. The summed E-state index contributed by atoms with van der Waals surface area (Å²) in [7, 11) is -5.11. The van der Waals surface area contributed by atoms with E-state index >= 15 is 0 Å². The van der Waals surface area contributed by atoms with Gasteiger partial charge in [-0.05, 0) is 18.2 Å². The SMILES string of the molecule is O=C(NCc1ccccc1OS(=O)(=O)F)c1ccncc1. The molecule has 0 saturated heterocycles. The molecule has 0 saturated carbocycles. The third kappa shape index (κ3) is 4.53. The molecule has 2 rings (SSSR count). The molecule has 0 fully saturated rings. The van der Waals surface area contributed by atoms with Crippen molar-refractivity contribution in [1.29, 1.82) is 0 Å². The summed E-state index contributed by atoms with van der Waals surface area (Å²) in [5.41, 5.74) is 0.739. The van der Waals surface area contributed by atoms with Gasteiger partial charge >= 0.3 is 10.5 Å². The van der Waals surface area contributed by atoms with E-state index in [-0.39, 0.29) is 18.2 Å². The van der Waals surface area contributed by atoms with Crippen LogP contribution >= 0.6 is 0 Å². The minimum atomic E-state index is -5.11. The fraction of sp³-hybridized carbons (Fsp3) is 0.0769. The molecule has 0 spiro atoms. The lowest BCUT2D eigenvalue weighted by Crippen LogP contribution is -2.23. The second-order valence-electron chi connectivity index (χ2n) is 4.00. The first-order valence-electron chi connectivity index (χ1n) is 5.86. The van der Waals surface area contributed by atoms with Gasteiger partial charge in [-0.1, -0.05) is 22.1 Å². The van der Waals surface area contributed by atoms with Crippen LogP contribution < -0.4 is 9.50 Å². The van der Waals surface area contributed by atoms with Gasteiger partial charge in [0, 0.05) is 30.1 Å². The average molecular weight is 310 g/mol. The van der Waals surface area contributed by atoms with Gasteiger partial charge in [0.05, 0.1) is 0 Å². The molecular formula is C13H11FN2O4S. The zero-order chi connectivity index (χ0) is 15.3. The Morgan fingerprint density at radius 1 is 1.19 bits per heavy atom. The van der Waals surface area contributed by atoms with Crippen LogP contribution in [0, 0.1) is 0 Å². The lowest BCUT2D eigenvalue weighted by molar-refractivity contribution is 0.0950. The van der Waals surface area contributed by atoms with Gasteiger partial charge in [0.2, 0.25) is 0 Å². The Morgan fingerprint density at radius 2 is 1.86 bits per heavy atom. The largest absolute Gasteiger partial charge is 0.488 e. The van der Waals surface area contributed by atoms with Crippen molar-refractivity contribution in [3.05, 3.63) is 59.9 Å². The van der Waals surface area contributed by atoms with Gasteiger partial charge < -0.3 is 9.50 Å². The molecule has 6 nitrogen and oxygen atoms in total. The topological polar surface area (TPSA) is 85.4 Å². The number of nitrogens with one attached hydrogen (secondary N) is 1. The predicted molar refractivity (Wildman–Crippen MR) is 72.5 cm³/mol. The van der Waals surface area contributed by atoms with Gasteiger partial charge in [-0.15, -0.1) is 0 Å². The molecular weight excluding hydrogens is 299 g/mol. The maximum atomic E-state index is 12.6. The van der Waals surface area contributed by atoms with Gasteiger partial charge in [-0.3, -0.25) is 9.78 Å². The summed E-state index contributed by atoms with van der Waals surface area (Å²) in [4.78, 5) is 15.6. The summed E-state index contributed by atoms with van der Waals surface area (Å²) in [6, 6.07) is 8.99. The number of pyridine rings is 1. The molecule has 0 radical (unpaired) electrons. The molecule has 0 bridgehead atoms. The van der Waals surface area contributed by atoms with Crippen LogP contribution in [-0.4, -0.2) is 19.3 Å². The van der Waals surface area contributed by atoms with E-state index in [1.807, 2.05) is 0 Å². The minimum Gasteiger partial charge on any atom is -0.358 e. The maximum Gasteiger partial charge on any atom is 0.488 e.